The van der Waals surface area contributed by atoms with E-state index >= 15 is 0 Å². The van der Waals surface area contributed by atoms with Gasteiger partial charge in [0, 0.05) is 18.6 Å². The first-order valence-electron chi connectivity index (χ1n) is 12.2. The monoisotopic (exact) mass is 448 g/mol. The Morgan fingerprint density at radius 2 is 1.24 bits per heavy atom. The molecule has 34 heavy (non-hydrogen) atoms. The zero-order valence-electron chi connectivity index (χ0n) is 19.6. The molecule has 0 spiro atoms. The van der Waals surface area contributed by atoms with Crippen LogP contribution in [0.4, 0.5) is 0 Å². The van der Waals surface area contributed by atoms with E-state index in [-0.39, 0.29) is 18.1 Å². The van der Waals surface area contributed by atoms with Gasteiger partial charge >= 0.3 is 0 Å². The molecule has 0 amide bonds. The molecule has 0 saturated carbocycles. The van der Waals surface area contributed by atoms with Crippen molar-refractivity contribution in [1.29, 1.82) is 0 Å². The second-order valence-corrected chi connectivity index (χ2v) is 9.18. The molecule has 0 aromatic heterocycles. The summed E-state index contributed by atoms with van der Waals surface area (Å²) in [6.07, 6.45) is 0.204. The second-order valence-electron chi connectivity index (χ2n) is 9.18. The first kappa shape index (κ1) is 22.5. The van der Waals surface area contributed by atoms with Gasteiger partial charge in [0.05, 0.1) is 12.1 Å². The number of benzene rings is 4. The van der Waals surface area contributed by atoms with Crippen LogP contribution in [0.25, 0.3) is 11.1 Å². The summed E-state index contributed by atoms with van der Waals surface area (Å²) in [6, 6.07) is 38.1. The molecule has 172 valence electrons. The van der Waals surface area contributed by atoms with E-state index in [0.29, 0.717) is 6.54 Å². The number of hydrogen-bond acceptors (Lipinski definition) is 3. The van der Waals surface area contributed by atoms with Crippen LogP contribution in [-0.2, 0) is 6.42 Å². The molecule has 3 atom stereocenters. The van der Waals surface area contributed by atoms with Crippen molar-refractivity contribution in [2.45, 2.75) is 37.6 Å². The van der Waals surface area contributed by atoms with Gasteiger partial charge in [-0.15, -0.1) is 0 Å². The molecular formula is C31H32N2O. The average Bonchev–Trinajstić information content (AvgIpc) is 3.21. The fourth-order valence-electron chi connectivity index (χ4n) is 5.02. The van der Waals surface area contributed by atoms with Crippen molar-refractivity contribution in [1.82, 2.24) is 10.6 Å². The van der Waals surface area contributed by atoms with Crippen molar-refractivity contribution in [2.75, 3.05) is 6.54 Å². The molecule has 1 aliphatic carbocycles. The highest BCUT2D eigenvalue weighted by atomic mass is 16.3. The third-order valence-electron chi connectivity index (χ3n) is 6.91. The van der Waals surface area contributed by atoms with Crippen LogP contribution < -0.4 is 10.6 Å². The van der Waals surface area contributed by atoms with Gasteiger partial charge < -0.3 is 15.7 Å². The molecule has 4 aromatic rings. The molecule has 0 fully saturated rings. The van der Waals surface area contributed by atoms with Crippen molar-refractivity contribution >= 4 is 0 Å². The standard InChI is InChI=1S/C31H32N2O/c1-22(24-14-6-3-7-15-24)32-21-30(34)29(20-23-12-4-2-5-13-23)33-31-27-18-10-8-16-25(27)26-17-9-11-19-28(26)31/h2-19,22,29-34H,20-21H2,1H3/t22-,29-,30+/m0/s1. The molecule has 4 aromatic carbocycles. The SMILES string of the molecule is C[C@H](NC[C@@H](O)[C@H](Cc1ccccc1)NC1c2ccccc2-c2ccccc21)c1ccccc1. The Bertz CT molecular complexity index is 1160. The maximum absolute atomic E-state index is 11.4. The number of aliphatic hydroxyl groups excluding tert-OH is 1. The van der Waals surface area contributed by atoms with Crippen molar-refractivity contribution in [3.63, 3.8) is 0 Å². The maximum atomic E-state index is 11.4. The summed E-state index contributed by atoms with van der Waals surface area (Å²) < 4.78 is 0. The molecule has 3 heteroatoms. The molecule has 0 bridgehead atoms. The van der Waals surface area contributed by atoms with Gasteiger partial charge in [-0.1, -0.05) is 109 Å². The summed E-state index contributed by atoms with van der Waals surface area (Å²) >= 11 is 0. The second kappa shape index (κ2) is 10.4. The minimum absolute atomic E-state index is 0.0577. The predicted molar refractivity (Wildman–Crippen MR) is 140 cm³/mol. The molecular weight excluding hydrogens is 416 g/mol. The Morgan fingerprint density at radius 3 is 1.85 bits per heavy atom. The molecule has 3 nitrogen and oxygen atoms in total. The van der Waals surface area contributed by atoms with Gasteiger partial charge in [0.25, 0.3) is 0 Å². The quantitative estimate of drug-likeness (QED) is 0.309. The molecule has 3 N–H and O–H groups in total. The third-order valence-corrected chi connectivity index (χ3v) is 6.91. The van der Waals surface area contributed by atoms with E-state index in [9.17, 15) is 5.11 Å². The molecule has 0 heterocycles. The van der Waals surface area contributed by atoms with Crippen LogP contribution in [0.1, 0.15) is 41.3 Å². The topological polar surface area (TPSA) is 44.3 Å². The third kappa shape index (κ3) is 4.83. The summed E-state index contributed by atoms with van der Waals surface area (Å²) in [4.78, 5) is 0. The van der Waals surface area contributed by atoms with E-state index in [2.05, 4.69) is 115 Å². The van der Waals surface area contributed by atoms with Gasteiger partial charge in [0.1, 0.15) is 0 Å². The van der Waals surface area contributed by atoms with Gasteiger partial charge in [0.15, 0.2) is 0 Å². The number of aliphatic hydroxyl groups is 1. The Balaban J connectivity index is 1.38. The average molecular weight is 449 g/mol. The fourth-order valence-corrected chi connectivity index (χ4v) is 5.02. The van der Waals surface area contributed by atoms with Gasteiger partial charge in [-0.25, -0.2) is 0 Å². The van der Waals surface area contributed by atoms with E-state index in [0.717, 1.165) is 6.42 Å². The maximum Gasteiger partial charge on any atom is 0.0821 e. The molecule has 5 rings (SSSR count). The van der Waals surface area contributed by atoms with Crippen LogP contribution in [0.15, 0.2) is 109 Å². The molecule has 1 aliphatic rings. The molecule has 0 radical (unpaired) electrons. The predicted octanol–water partition coefficient (Wildman–Crippen LogP) is 5.67. The van der Waals surface area contributed by atoms with Gasteiger partial charge in [-0.3, -0.25) is 0 Å². The van der Waals surface area contributed by atoms with Gasteiger partial charge in [-0.05, 0) is 46.7 Å². The van der Waals surface area contributed by atoms with Crippen LogP contribution in [0.5, 0.6) is 0 Å². The minimum Gasteiger partial charge on any atom is -0.390 e. The van der Waals surface area contributed by atoms with E-state index in [1.807, 2.05) is 12.1 Å². The van der Waals surface area contributed by atoms with E-state index in [1.54, 1.807) is 0 Å². The van der Waals surface area contributed by atoms with Crippen LogP contribution in [0.2, 0.25) is 0 Å². The Labute approximate surface area is 202 Å². The summed E-state index contributed by atoms with van der Waals surface area (Å²) in [5.74, 6) is 0. The van der Waals surface area contributed by atoms with Gasteiger partial charge in [-0.2, -0.15) is 0 Å². The highest BCUT2D eigenvalue weighted by Gasteiger charge is 2.31. The first-order valence-corrected chi connectivity index (χ1v) is 12.2. The summed E-state index contributed by atoms with van der Waals surface area (Å²) in [5, 5.41) is 18.8. The molecule has 0 unspecified atom stereocenters. The van der Waals surface area contributed by atoms with Crippen LogP contribution in [0.3, 0.4) is 0 Å². The summed E-state index contributed by atoms with van der Waals surface area (Å²) in [7, 11) is 0. The van der Waals surface area contributed by atoms with Crippen molar-refractivity contribution < 1.29 is 5.11 Å². The number of nitrogens with one attached hydrogen (secondary N) is 2. The highest BCUT2D eigenvalue weighted by Crippen LogP contribution is 2.43. The summed E-state index contributed by atoms with van der Waals surface area (Å²) in [5.41, 5.74) is 7.55. The van der Waals surface area contributed by atoms with Crippen molar-refractivity contribution in [3.8, 4) is 11.1 Å². The van der Waals surface area contributed by atoms with Crippen LogP contribution in [0, 0.1) is 0 Å². The van der Waals surface area contributed by atoms with E-state index in [1.165, 1.54) is 33.4 Å². The highest BCUT2D eigenvalue weighted by molar-refractivity contribution is 5.78. The van der Waals surface area contributed by atoms with Gasteiger partial charge in [0.2, 0.25) is 0 Å². The van der Waals surface area contributed by atoms with Crippen molar-refractivity contribution in [3.05, 3.63) is 131 Å². The fraction of sp³-hybridized carbons (Fsp3) is 0.226. The lowest BCUT2D eigenvalue weighted by atomic mass is 9.97. The normalized spacial score (nSPS) is 15.4. The van der Waals surface area contributed by atoms with E-state index in [4.69, 9.17) is 0 Å². The van der Waals surface area contributed by atoms with Crippen molar-refractivity contribution in [2.24, 2.45) is 0 Å². The Hall–Kier alpha value is -3.24. The lowest BCUT2D eigenvalue weighted by molar-refractivity contribution is 0.118. The lowest BCUT2D eigenvalue weighted by Gasteiger charge is -2.30. The largest absolute Gasteiger partial charge is 0.390 e. The minimum atomic E-state index is -0.550. The number of hydrogen-bond donors (Lipinski definition) is 3. The zero-order chi connectivity index (χ0) is 23.3. The molecule has 0 aliphatic heterocycles. The molecule has 0 saturated heterocycles. The van der Waals surface area contributed by atoms with E-state index < -0.39 is 6.10 Å². The lowest BCUT2D eigenvalue weighted by Crippen LogP contribution is -2.48. The summed E-state index contributed by atoms with van der Waals surface area (Å²) in [6.45, 7) is 2.65. The Kier molecular flexibility index (Phi) is 6.87. The number of rotatable bonds is 9. The zero-order valence-corrected chi connectivity index (χ0v) is 19.6. The van der Waals surface area contributed by atoms with Crippen LogP contribution >= 0.6 is 0 Å². The smallest absolute Gasteiger partial charge is 0.0821 e. The Morgan fingerprint density at radius 1 is 0.706 bits per heavy atom. The number of fused-ring (bicyclic) bond motifs is 3. The first-order chi connectivity index (χ1) is 16.7. The van der Waals surface area contributed by atoms with Crippen LogP contribution in [-0.4, -0.2) is 23.8 Å².